The molecule has 3 aromatic rings. The maximum Gasteiger partial charge on any atom is 0.115 e. The van der Waals surface area contributed by atoms with Gasteiger partial charge in [0.05, 0.1) is 17.1 Å². The third kappa shape index (κ3) is 3.02. The summed E-state index contributed by atoms with van der Waals surface area (Å²) in [7, 11) is 0. The number of para-hydroxylation sites is 1. The number of hydrazone groups is 1. The predicted molar refractivity (Wildman–Crippen MR) is 93.4 cm³/mol. The Labute approximate surface area is 139 Å². The van der Waals surface area contributed by atoms with Crippen LogP contribution in [0.2, 0.25) is 0 Å². The standard InChI is InChI=1S/C18H16N6/c19-10-13-5-7-14(8-6-13)18(24(21)23-12-20)16-9-15-3-1-2-4-17(15)22-11-16/h1-9,11-12,18H,21H2,(H2,20,23). The summed E-state index contributed by atoms with van der Waals surface area (Å²) in [6.45, 7) is 0. The quantitative estimate of drug-likeness (QED) is 0.332. The number of hydrogen-bond donors (Lipinski definition) is 2. The second-order valence-electron chi connectivity index (χ2n) is 5.24. The smallest absolute Gasteiger partial charge is 0.115 e. The molecule has 6 nitrogen and oxygen atoms in total. The van der Waals surface area contributed by atoms with Gasteiger partial charge < -0.3 is 5.73 Å². The lowest BCUT2D eigenvalue weighted by Crippen LogP contribution is -2.32. The van der Waals surface area contributed by atoms with Gasteiger partial charge in [-0.25, -0.2) is 11.0 Å². The molecule has 0 aliphatic heterocycles. The molecule has 0 spiro atoms. The van der Waals surface area contributed by atoms with Gasteiger partial charge in [0.2, 0.25) is 0 Å². The van der Waals surface area contributed by atoms with Crippen molar-refractivity contribution in [2.75, 3.05) is 0 Å². The summed E-state index contributed by atoms with van der Waals surface area (Å²) in [5.74, 6) is 6.07. The fraction of sp³-hybridized carbons (Fsp3) is 0.0556. The lowest BCUT2D eigenvalue weighted by Gasteiger charge is -2.25. The first kappa shape index (κ1) is 15.5. The molecule has 0 aliphatic rings. The number of rotatable bonds is 4. The van der Waals surface area contributed by atoms with Gasteiger partial charge in [0.1, 0.15) is 12.4 Å². The molecule has 0 aliphatic carbocycles. The number of nitrogens with zero attached hydrogens (tertiary/aromatic N) is 4. The highest BCUT2D eigenvalue weighted by Gasteiger charge is 2.20. The van der Waals surface area contributed by atoms with Gasteiger partial charge in [-0.1, -0.05) is 30.3 Å². The van der Waals surface area contributed by atoms with Gasteiger partial charge in [-0.2, -0.15) is 10.4 Å². The number of hydrazine groups is 1. The monoisotopic (exact) mass is 316 g/mol. The summed E-state index contributed by atoms with van der Waals surface area (Å²) < 4.78 is 0. The minimum Gasteiger partial charge on any atom is -0.388 e. The molecule has 6 heteroatoms. The zero-order valence-corrected chi connectivity index (χ0v) is 12.9. The first-order valence-corrected chi connectivity index (χ1v) is 7.36. The van der Waals surface area contributed by atoms with Gasteiger partial charge in [-0.15, -0.1) is 0 Å². The van der Waals surface area contributed by atoms with Crippen LogP contribution in [-0.2, 0) is 0 Å². The van der Waals surface area contributed by atoms with E-state index in [0.717, 1.165) is 28.4 Å². The zero-order valence-electron chi connectivity index (χ0n) is 12.9. The Morgan fingerprint density at radius 2 is 1.88 bits per heavy atom. The van der Waals surface area contributed by atoms with Crippen molar-refractivity contribution in [2.24, 2.45) is 16.7 Å². The first-order valence-electron chi connectivity index (χ1n) is 7.36. The molecular formula is C18H16N6. The van der Waals surface area contributed by atoms with Crippen molar-refractivity contribution >= 4 is 17.2 Å². The van der Waals surface area contributed by atoms with E-state index in [-0.39, 0.29) is 6.04 Å². The average Bonchev–Trinajstić information content (AvgIpc) is 2.63. The molecule has 2 aromatic carbocycles. The molecule has 0 saturated heterocycles. The minimum atomic E-state index is -0.366. The van der Waals surface area contributed by atoms with Crippen LogP contribution in [0, 0.1) is 11.3 Å². The molecule has 24 heavy (non-hydrogen) atoms. The third-order valence-electron chi connectivity index (χ3n) is 3.75. The van der Waals surface area contributed by atoms with E-state index in [4.69, 9.17) is 16.8 Å². The Kier molecular flexibility index (Phi) is 4.36. The van der Waals surface area contributed by atoms with Gasteiger partial charge in [0.25, 0.3) is 0 Å². The van der Waals surface area contributed by atoms with Crippen LogP contribution in [0.25, 0.3) is 10.9 Å². The van der Waals surface area contributed by atoms with Crippen LogP contribution in [0.15, 0.2) is 65.9 Å². The molecular weight excluding hydrogens is 300 g/mol. The van der Waals surface area contributed by atoms with Crippen LogP contribution >= 0.6 is 0 Å². The van der Waals surface area contributed by atoms with E-state index in [0.29, 0.717) is 5.56 Å². The van der Waals surface area contributed by atoms with Crippen molar-refractivity contribution in [1.82, 2.24) is 10.1 Å². The van der Waals surface area contributed by atoms with Crippen molar-refractivity contribution in [1.29, 1.82) is 5.26 Å². The number of nitriles is 1. The maximum absolute atomic E-state index is 8.96. The minimum absolute atomic E-state index is 0.366. The molecule has 0 radical (unpaired) electrons. The lowest BCUT2D eigenvalue weighted by molar-refractivity contribution is 0.245. The summed E-state index contributed by atoms with van der Waals surface area (Å²) in [5.41, 5.74) is 8.65. The van der Waals surface area contributed by atoms with E-state index < -0.39 is 0 Å². The maximum atomic E-state index is 8.96. The summed E-state index contributed by atoms with van der Waals surface area (Å²) in [6.07, 6.45) is 2.92. The topological polar surface area (TPSA) is 104 Å². The largest absolute Gasteiger partial charge is 0.388 e. The van der Waals surface area contributed by atoms with Crippen molar-refractivity contribution in [2.45, 2.75) is 6.04 Å². The van der Waals surface area contributed by atoms with Gasteiger partial charge in [-0.3, -0.25) is 4.98 Å². The number of nitrogens with two attached hydrogens (primary N) is 2. The molecule has 118 valence electrons. The van der Waals surface area contributed by atoms with E-state index in [2.05, 4.69) is 16.2 Å². The van der Waals surface area contributed by atoms with Crippen molar-refractivity contribution in [3.8, 4) is 6.07 Å². The van der Waals surface area contributed by atoms with Crippen LogP contribution in [0.5, 0.6) is 0 Å². The molecule has 1 heterocycles. The van der Waals surface area contributed by atoms with Crippen molar-refractivity contribution in [3.63, 3.8) is 0 Å². The normalized spacial score (nSPS) is 12.2. The Balaban J connectivity index is 2.10. The second kappa shape index (κ2) is 6.77. The first-order chi connectivity index (χ1) is 11.7. The number of fused-ring (bicyclic) bond motifs is 1. The highest BCUT2D eigenvalue weighted by molar-refractivity contribution is 5.79. The fourth-order valence-electron chi connectivity index (χ4n) is 2.62. The summed E-state index contributed by atoms with van der Waals surface area (Å²) in [5, 5.41) is 15.2. The molecule has 3 rings (SSSR count). The van der Waals surface area contributed by atoms with Crippen LogP contribution in [-0.4, -0.2) is 16.4 Å². The summed E-state index contributed by atoms with van der Waals surface area (Å²) >= 11 is 0. The van der Waals surface area contributed by atoms with Gasteiger partial charge in [0.15, 0.2) is 0 Å². The molecule has 0 saturated carbocycles. The van der Waals surface area contributed by atoms with Crippen LogP contribution in [0.1, 0.15) is 22.7 Å². The van der Waals surface area contributed by atoms with E-state index in [9.17, 15) is 0 Å². The Hall–Kier alpha value is -3.43. The molecule has 1 aromatic heterocycles. The highest BCUT2D eigenvalue weighted by Crippen LogP contribution is 2.28. The average molecular weight is 316 g/mol. The van der Waals surface area contributed by atoms with Gasteiger partial charge in [-0.05, 0) is 29.8 Å². The van der Waals surface area contributed by atoms with Crippen LogP contribution in [0.4, 0.5) is 0 Å². The van der Waals surface area contributed by atoms with Crippen molar-refractivity contribution < 1.29 is 0 Å². The number of aromatic nitrogens is 1. The highest BCUT2D eigenvalue weighted by atomic mass is 15.6. The predicted octanol–water partition coefficient (Wildman–Crippen LogP) is 2.27. The fourth-order valence-corrected chi connectivity index (χ4v) is 2.62. The Morgan fingerprint density at radius 3 is 2.58 bits per heavy atom. The van der Waals surface area contributed by atoms with Crippen LogP contribution in [0.3, 0.4) is 0 Å². The van der Waals surface area contributed by atoms with Gasteiger partial charge >= 0.3 is 0 Å². The lowest BCUT2D eigenvalue weighted by atomic mass is 9.98. The molecule has 1 atom stereocenters. The molecule has 4 N–H and O–H groups in total. The third-order valence-corrected chi connectivity index (χ3v) is 3.75. The molecule has 0 fully saturated rings. The van der Waals surface area contributed by atoms with Crippen LogP contribution < -0.4 is 11.6 Å². The zero-order chi connectivity index (χ0) is 16.9. The molecule has 0 bridgehead atoms. The number of pyridine rings is 1. The second-order valence-corrected chi connectivity index (χ2v) is 5.24. The Morgan fingerprint density at radius 1 is 1.12 bits per heavy atom. The molecule has 1 unspecified atom stereocenters. The van der Waals surface area contributed by atoms with E-state index >= 15 is 0 Å². The Bertz CT molecular complexity index is 911. The number of hydrogen-bond acceptors (Lipinski definition) is 5. The van der Waals surface area contributed by atoms with Gasteiger partial charge in [0, 0.05) is 17.1 Å². The number of benzene rings is 2. The summed E-state index contributed by atoms with van der Waals surface area (Å²) in [4.78, 5) is 4.49. The molecule has 0 amide bonds. The van der Waals surface area contributed by atoms with E-state index in [1.54, 1.807) is 18.3 Å². The van der Waals surface area contributed by atoms with Crippen molar-refractivity contribution in [3.05, 3.63) is 77.5 Å². The SMILES string of the molecule is N#Cc1ccc(C(c2cnc3ccccc3c2)N(N)/N=C\N)cc1. The summed E-state index contributed by atoms with van der Waals surface area (Å²) in [6, 6.07) is 18.8. The van der Waals surface area contributed by atoms with E-state index in [1.165, 1.54) is 5.12 Å². The van der Waals surface area contributed by atoms with E-state index in [1.807, 2.05) is 42.5 Å².